The summed E-state index contributed by atoms with van der Waals surface area (Å²) in [7, 11) is 0. The highest BCUT2D eigenvalue weighted by atomic mass is 16.5. The quantitative estimate of drug-likeness (QED) is 0.815. The lowest BCUT2D eigenvalue weighted by atomic mass is 9.67. The fraction of sp³-hybridized carbons (Fsp3) is 0.591. The molecule has 2 fully saturated rings. The molecule has 4 atom stereocenters. The minimum Gasteiger partial charge on any atom is -0.452 e. The van der Waals surface area contributed by atoms with E-state index in [4.69, 9.17) is 4.74 Å². The molecule has 2 saturated carbocycles. The number of nitrogens with one attached hydrogen (secondary N) is 1. The summed E-state index contributed by atoms with van der Waals surface area (Å²) in [5, 5.41) is 2.89. The highest BCUT2D eigenvalue weighted by molar-refractivity contribution is 5.96. The van der Waals surface area contributed by atoms with Gasteiger partial charge in [-0.25, -0.2) is 0 Å². The van der Waals surface area contributed by atoms with E-state index in [2.05, 4.69) is 5.32 Å². The summed E-state index contributed by atoms with van der Waals surface area (Å²) in [5.74, 6) is -0.628. The molecule has 5 heteroatoms. The van der Waals surface area contributed by atoms with E-state index in [9.17, 15) is 14.4 Å². The topological polar surface area (TPSA) is 72.5 Å². The monoisotopic (exact) mass is 371 g/mol. The van der Waals surface area contributed by atoms with Crippen molar-refractivity contribution in [2.45, 2.75) is 65.9 Å². The molecular formula is C22H29NO4. The van der Waals surface area contributed by atoms with Crippen molar-refractivity contribution in [3.8, 4) is 0 Å². The number of ketones is 1. The van der Waals surface area contributed by atoms with Crippen LogP contribution in [0.5, 0.6) is 0 Å². The third-order valence-corrected chi connectivity index (χ3v) is 5.97. The van der Waals surface area contributed by atoms with Crippen molar-refractivity contribution in [3.05, 3.63) is 28.8 Å². The molecule has 1 aromatic rings. The van der Waals surface area contributed by atoms with Gasteiger partial charge >= 0.3 is 5.97 Å². The van der Waals surface area contributed by atoms with E-state index in [1.165, 1.54) is 0 Å². The molecule has 0 saturated heterocycles. The minimum absolute atomic E-state index is 0.00274. The van der Waals surface area contributed by atoms with Crippen LogP contribution in [0.3, 0.4) is 0 Å². The highest BCUT2D eigenvalue weighted by Gasteiger charge is 2.42. The Hall–Kier alpha value is -2.17. The van der Waals surface area contributed by atoms with Gasteiger partial charge in [-0.15, -0.1) is 0 Å². The SMILES string of the molecule is Cc1cc(C)c(NC(=O)[C@@H](C)OC(=O)C2C[C@H]3CCC[C@@H](C2)C3=O)c(C)c1. The van der Waals surface area contributed by atoms with Crippen molar-refractivity contribution in [2.24, 2.45) is 17.8 Å². The Morgan fingerprint density at radius 3 is 2.19 bits per heavy atom. The summed E-state index contributed by atoms with van der Waals surface area (Å²) in [4.78, 5) is 37.3. The number of fused-ring (bicyclic) bond motifs is 2. The maximum atomic E-state index is 12.6. The first-order valence-corrected chi connectivity index (χ1v) is 9.89. The van der Waals surface area contributed by atoms with Gasteiger partial charge in [0.1, 0.15) is 5.78 Å². The lowest BCUT2D eigenvalue weighted by Crippen LogP contribution is -2.41. The Bertz CT molecular complexity index is 731. The summed E-state index contributed by atoms with van der Waals surface area (Å²) in [6.45, 7) is 7.51. The second-order valence-electron chi connectivity index (χ2n) is 8.24. The maximum absolute atomic E-state index is 12.6. The summed E-state index contributed by atoms with van der Waals surface area (Å²) in [6, 6.07) is 4.02. The number of hydrogen-bond donors (Lipinski definition) is 1. The number of aryl methyl sites for hydroxylation is 3. The van der Waals surface area contributed by atoms with Crippen molar-refractivity contribution >= 4 is 23.3 Å². The molecule has 1 aromatic carbocycles. The van der Waals surface area contributed by atoms with E-state index in [0.29, 0.717) is 18.6 Å². The lowest BCUT2D eigenvalue weighted by Gasteiger charge is -2.36. The number of anilines is 1. The van der Waals surface area contributed by atoms with Gasteiger partial charge in [-0.05, 0) is 64.5 Å². The Labute approximate surface area is 160 Å². The fourth-order valence-corrected chi connectivity index (χ4v) is 4.60. The Kier molecular flexibility index (Phi) is 5.68. The zero-order chi connectivity index (χ0) is 19.7. The van der Waals surface area contributed by atoms with Crippen LogP contribution in [0.4, 0.5) is 5.69 Å². The van der Waals surface area contributed by atoms with Gasteiger partial charge in [-0.2, -0.15) is 0 Å². The molecule has 27 heavy (non-hydrogen) atoms. The van der Waals surface area contributed by atoms with E-state index in [1.807, 2.05) is 32.9 Å². The van der Waals surface area contributed by atoms with Crippen molar-refractivity contribution in [3.63, 3.8) is 0 Å². The number of amides is 1. The smallest absolute Gasteiger partial charge is 0.309 e. The predicted octanol–water partition coefficient (Wildman–Crippen LogP) is 3.88. The van der Waals surface area contributed by atoms with Gasteiger partial charge in [-0.1, -0.05) is 24.1 Å². The summed E-state index contributed by atoms with van der Waals surface area (Å²) >= 11 is 0. The van der Waals surface area contributed by atoms with Crippen LogP contribution in [-0.4, -0.2) is 23.8 Å². The first-order valence-electron chi connectivity index (χ1n) is 9.89. The van der Waals surface area contributed by atoms with Gasteiger partial charge in [0.05, 0.1) is 5.92 Å². The number of carbonyl (C=O) groups is 3. The van der Waals surface area contributed by atoms with Crippen molar-refractivity contribution in [2.75, 3.05) is 5.32 Å². The molecule has 0 aromatic heterocycles. The zero-order valence-electron chi connectivity index (χ0n) is 16.6. The number of hydrogen-bond acceptors (Lipinski definition) is 4. The van der Waals surface area contributed by atoms with E-state index in [-0.39, 0.29) is 29.6 Å². The molecule has 3 rings (SSSR count). The van der Waals surface area contributed by atoms with Gasteiger partial charge in [0, 0.05) is 17.5 Å². The number of benzene rings is 1. The van der Waals surface area contributed by atoms with Gasteiger partial charge in [0.25, 0.3) is 5.91 Å². The maximum Gasteiger partial charge on any atom is 0.309 e. The van der Waals surface area contributed by atoms with Crippen molar-refractivity contribution < 1.29 is 19.1 Å². The summed E-state index contributed by atoms with van der Waals surface area (Å²) in [6.07, 6.45) is 3.09. The largest absolute Gasteiger partial charge is 0.452 e. The van der Waals surface area contributed by atoms with Gasteiger partial charge < -0.3 is 10.1 Å². The van der Waals surface area contributed by atoms with Crippen molar-refractivity contribution in [1.29, 1.82) is 0 Å². The normalized spacial score (nSPS) is 25.6. The Morgan fingerprint density at radius 2 is 1.63 bits per heavy atom. The van der Waals surface area contributed by atoms with E-state index < -0.39 is 6.10 Å². The molecule has 2 aliphatic carbocycles. The van der Waals surface area contributed by atoms with Crippen molar-refractivity contribution in [1.82, 2.24) is 0 Å². The average Bonchev–Trinajstić information content (AvgIpc) is 2.57. The number of ether oxygens (including phenoxy) is 1. The van der Waals surface area contributed by atoms with Gasteiger partial charge in [0.15, 0.2) is 6.10 Å². The molecule has 1 N–H and O–H groups in total. The van der Waals surface area contributed by atoms with E-state index in [0.717, 1.165) is 41.6 Å². The van der Waals surface area contributed by atoms with Gasteiger partial charge in [0.2, 0.25) is 0 Å². The molecule has 2 bridgehead atoms. The Morgan fingerprint density at radius 1 is 1.07 bits per heavy atom. The molecule has 0 spiro atoms. The fourth-order valence-electron chi connectivity index (χ4n) is 4.60. The van der Waals surface area contributed by atoms with Gasteiger partial charge in [-0.3, -0.25) is 14.4 Å². The van der Waals surface area contributed by atoms with Crippen LogP contribution in [0.2, 0.25) is 0 Å². The van der Waals surface area contributed by atoms with Crippen LogP contribution in [0.15, 0.2) is 12.1 Å². The molecule has 0 heterocycles. The van der Waals surface area contributed by atoms with Crippen LogP contribution < -0.4 is 5.32 Å². The standard InChI is InChI=1S/C22H29NO4/c1-12-8-13(2)19(14(3)9-12)23-21(25)15(4)27-22(26)18-10-16-6-5-7-17(11-18)20(16)24/h8-9,15-18H,5-7,10-11H2,1-4H3,(H,23,25)/t15-,16-,17+,18?/m1/s1. The molecule has 1 unspecified atom stereocenters. The third kappa shape index (κ3) is 4.23. The Balaban J connectivity index is 1.60. The molecule has 2 aliphatic rings. The number of carbonyl (C=O) groups excluding carboxylic acids is 3. The summed E-state index contributed by atoms with van der Waals surface area (Å²) in [5.41, 5.74) is 3.88. The highest BCUT2D eigenvalue weighted by Crippen LogP contribution is 2.40. The molecule has 146 valence electrons. The van der Waals surface area contributed by atoms with Crippen LogP contribution in [0, 0.1) is 38.5 Å². The molecular weight excluding hydrogens is 342 g/mol. The third-order valence-electron chi connectivity index (χ3n) is 5.97. The van der Waals surface area contributed by atoms with Crippen LogP contribution >= 0.6 is 0 Å². The summed E-state index contributed by atoms with van der Waals surface area (Å²) < 4.78 is 5.47. The van der Waals surface area contributed by atoms with E-state index >= 15 is 0 Å². The second-order valence-corrected chi connectivity index (χ2v) is 8.24. The van der Waals surface area contributed by atoms with Crippen LogP contribution in [0.1, 0.15) is 55.7 Å². The first-order chi connectivity index (χ1) is 12.8. The van der Waals surface area contributed by atoms with E-state index in [1.54, 1.807) is 6.92 Å². The molecule has 0 radical (unpaired) electrons. The number of rotatable bonds is 4. The first kappa shape index (κ1) is 19.6. The van der Waals surface area contributed by atoms with Crippen LogP contribution in [0.25, 0.3) is 0 Å². The zero-order valence-corrected chi connectivity index (χ0v) is 16.6. The molecule has 0 aliphatic heterocycles. The number of esters is 1. The average molecular weight is 371 g/mol. The molecule has 5 nitrogen and oxygen atoms in total. The van der Waals surface area contributed by atoms with Crippen LogP contribution in [-0.2, 0) is 19.1 Å². The minimum atomic E-state index is -0.866. The molecule has 1 amide bonds. The lowest BCUT2D eigenvalue weighted by molar-refractivity contribution is -0.161. The predicted molar refractivity (Wildman–Crippen MR) is 103 cm³/mol. The second kappa shape index (κ2) is 7.83. The number of Topliss-reactive ketones (excluding diaryl/α,β-unsaturated/α-hetero) is 1.